The number of esters is 1. The second-order valence-electron chi connectivity index (χ2n) is 8.23. The molecule has 0 bridgehead atoms. The molecular weight excluding hydrogens is 352 g/mol. The molecule has 0 N–H and O–H groups in total. The minimum atomic E-state index is -0.353. The smallest absolute Gasteiger partial charge is 0.308 e. The molecule has 0 radical (unpaired) electrons. The number of ether oxygens (including phenoxy) is 2. The molecule has 0 saturated heterocycles. The van der Waals surface area contributed by atoms with Crippen LogP contribution in [-0.2, 0) is 16.0 Å². The molecule has 3 aliphatic rings. The summed E-state index contributed by atoms with van der Waals surface area (Å²) in [5.41, 5.74) is 2.06. The first-order chi connectivity index (χ1) is 12.3. The Bertz CT molecular complexity index is 774. The zero-order chi connectivity index (χ0) is 18.6. The Hall–Kier alpha value is -1.55. The Morgan fingerprint density at radius 2 is 2.08 bits per heavy atom. The van der Waals surface area contributed by atoms with Gasteiger partial charge in [0.25, 0.3) is 0 Å². The third-order valence-corrected chi connectivity index (χ3v) is 7.32. The molecule has 4 rings (SSSR count). The van der Waals surface area contributed by atoms with Gasteiger partial charge in [0, 0.05) is 24.0 Å². The van der Waals surface area contributed by atoms with Crippen LogP contribution >= 0.6 is 11.6 Å². The van der Waals surface area contributed by atoms with Gasteiger partial charge in [-0.25, -0.2) is 0 Å². The van der Waals surface area contributed by atoms with Crippen LogP contribution in [0.25, 0.3) is 0 Å². The molecule has 3 aliphatic carbocycles. The number of benzene rings is 1. The monoisotopic (exact) mass is 376 g/mol. The van der Waals surface area contributed by atoms with E-state index in [0.717, 1.165) is 43.4 Å². The van der Waals surface area contributed by atoms with Crippen LogP contribution in [0.2, 0.25) is 0 Å². The highest BCUT2D eigenvalue weighted by Crippen LogP contribution is 2.61. The highest BCUT2D eigenvalue weighted by atomic mass is 35.5. The predicted octanol–water partition coefficient (Wildman–Crippen LogP) is 4.26. The Morgan fingerprint density at radius 3 is 2.77 bits per heavy atom. The summed E-state index contributed by atoms with van der Waals surface area (Å²) in [6, 6.07) is 3.89. The van der Waals surface area contributed by atoms with Crippen LogP contribution in [0.5, 0.6) is 11.5 Å². The van der Waals surface area contributed by atoms with Crippen molar-refractivity contribution >= 4 is 23.4 Å². The first-order valence-corrected chi connectivity index (χ1v) is 9.86. The van der Waals surface area contributed by atoms with E-state index in [9.17, 15) is 9.59 Å². The van der Waals surface area contributed by atoms with Crippen molar-refractivity contribution in [3.05, 3.63) is 23.3 Å². The molecule has 0 heterocycles. The van der Waals surface area contributed by atoms with Gasteiger partial charge in [-0.15, -0.1) is 11.6 Å². The summed E-state index contributed by atoms with van der Waals surface area (Å²) >= 11 is 6.36. The van der Waals surface area contributed by atoms with Crippen molar-refractivity contribution in [2.24, 2.45) is 17.3 Å². The summed E-state index contributed by atoms with van der Waals surface area (Å²) in [6.45, 7) is 3.53. The average molecular weight is 377 g/mol. The van der Waals surface area contributed by atoms with E-state index in [2.05, 4.69) is 13.0 Å². The first-order valence-electron chi connectivity index (χ1n) is 9.42. The maximum atomic E-state index is 12.7. The second kappa shape index (κ2) is 6.26. The molecule has 0 unspecified atom stereocenters. The highest BCUT2D eigenvalue weighted by Gasteiger charge is 2.58. The Labute approximate surface area is 159 Å². The average Bonchev–Trinajstić information content (AvgIpc) is 2.84. The standard InChI is InChI=1S/C21H25ClO4/c1-11(23)26-18-9-13(25-3)8-12-4-5-14-15(19(12)18)6-7-21(2)16(14)10-17(22)20(21)24/h8-9,14-17H,4-7,10H2,1-3H3/t14-,15+,16+,17+,21+/m1/s1. The Kier molecular flexibility index (Phi) is 4.30. The van der Waals surface area contributed by atoms with Gasteiger partial charge in [-0.05, 0) is 61.5 Å². The van der Waals surface area contributed by atoms with Crippen LogP contribution in [0.1, 0.15) is 56.6 Å². The molecule has 1 aromatic rings. The van der Waals surface area contributed by atoms with Gasteiger partial charge in [0.2, 0.25) is 0 Å². The first kappa shape index (κ1) is 17.8. The fourth-order valence-electron chi connectivity index (χ4n) is 5.76. The lowest BCUT2D eigenvalue weighted by Gasteiger charge is -2.48. The summed E-state index contributed by atoms with van der Waals surface area (Å²) < 4.78 is 11.0. The number of Topliss-reactive ketones (excluding diaryl/α,β-unsaturated/α-hetero) is 1. The number of carbonyl (C=O) groups excluding carboxylic acids is 2. The summed E-state index contributed by atoms with van der Waals surface area (Å²) in [4.78, 5) is 24.3. The van der Waals surface area contributed by atoms with Gasteiger partial charge in [0.1, 0.15) is 11.5 Å². The van der Waals surface area contributed by atoms with E-state index in [4.69, 9.17) is 21.1 Å². The number of methoxy groups -OCH3 is 1. The van der Waals surface area contributed by atoms with E-state index < -0.39 is 0 Å². The maximum absolute atomic E-state index is 12.7. The maximum Gasteiger partial charge on any atom is 0.308 e. The topological polar surface area (TPSA) is 52.6 Å². The number of halogens is 1. The van der Waals surface area contributed by atoms with Crippen molar-refractivity contribution in [1.29, 1.82) is 0 Å². The van der Waals surface area contributed by atoms with Gasteiger partial charge >= 0.3 is 5.97 Å². The minimum Gasteiger partial charge on any atom is -0.497 e. The van der Waals surface area contributed by atoms with E-state index in [1.807, 2.05) is 6.07 Å². The van der Waals surface area contributed by atoms with E-state index in [0.29, 0.717) is 23.5 Å². The van der Waals surface area contributed by atoms with Crippen LogP contribution in [0.4, 0.5) is 0 Å². The van der Waals surface area contributed by atoms with Crippen molar-refractivity contribution in [1.82, 2.24) is 0 Å². The zero-order valence-corrected chi connectivity index (χ0v) is 16.3. The molecule has 2 fully saturated rings. The highest BCUT2D eigenvalue weighted by molar-refractivity contribution is 6.32. The molecule has 2 saturated carbocycles. The Morgan fingerprint density at radius 1 is 1.31 bits per heavy atom. The molecule has 140 valence electrons. The lowest BCUT2D eigenvalue weighted by Crippen LogP contribution is -2.42. The number of ketones is 1. The second-order valence-corrected chi connectivity index (χ2v) is 8.76. The molecule has 0 amide bonds. The van der Waals surface area contributed by atoms with E-state index in [1.165, 1.54) is 12.5 Å². The summed E-state index contributed by atoms with van der Waals surface area (Å²) in [5.74, 6) is 2.29. The third-order valence-electron chi connectivity index (χ3n) is 6.94. The van der Waals surface area contributed by atoms with Crippen LogP contribution in [0, 0.1) is 17.3 Å². The molecule has 0 aromatic heterocycles. The zero-order valence-electron chi connectivity index (χ0n) is 15.5. The van der Waals surface area contributed by atoms with Gasteiger partial charge in [-0.3, -0.25) is 9.59 Å². The summed E-state index contributed by atoms with van der Waals surface area (Å²) in [5, 5.41) is -0.353. The molecule has 0 spiro atoms. The van der Waals surface area contributed by atoms with Crippen LogP contribution < -0.4 is 9.47 Å². The molecule has 1 aromatic carbocycles. The lowest BCUT2D eigenvalue weighted by atomic mass is 9.55. The number of fused-ring (bicyclic) bond motifs is 5. The lowest BCUT2D eigenvalue weighted by molar-refractivity contribution is -0.132. The molecule has 5 atom stereocenters. The van der Waals surface area contributed by atoms with Gasteiger partial charge in [0.15, 0.2) is 5.78 Å². The number of hydrogen-bond donors (Lipinski definition) is 0. The SMILES string of the molecule is COc1cc2c(c(OC(C)=O)c1)[C@H]1CC[C@]3(C)C(=O)[C@@H](Cl)C[C@H]3[C@@H]1CC2. The van der Waals surface area contributed by atoms with Crippen LogP contribution in [-0.4, -0.2) is 24.2 Å². The molecule has 5 heteroatoms. The van der Waals surface area contributed by atoms with Gasteiger partial charge in [-0.1, -0.05) is 6.92 Å². The molecule has 4 nitrogen and oxygen atoms in total. The largest absolute Gasteiger partial charge is 0.497 e. The summed E-state index contributed by atoms with van der Waals surface area (Å²) in [6.07, 6.45) is 4.51. The van der Waals surface area contributed by atoms with Crippen LogP contribution in [0.3, 0.4) is 0 Å². The number of alkyl halides is 1. The summed E-state index contributed by atoms with van der Waals surface area (Å²) in [7, 11) is 1.63. The van der Waals surface area contributed by atoms with Crippen molar-refractivity contribution in [3.8, 4) is 11.5 Å². The fraction of sp³-hybridized carbons (Fsp3) is 0.619. The normalized spacial score (nSPS) is 35.3. The van der Waals surface area contributed by atoms with Crippen molar-refractivity contribution < 1.29 is 19.1 Å². The van der Waals surface area contributed by atoms with Gasteiger partial charge < -0.3 is 9.47 Å². The van der Waals surface area contributed by atoms with Gasteiger partial charge in [0.05, 0.1) is 12.5 Å². The number of rotatable bonds is 2. The molecule has 26 heavy (non-hydrogen) atoms. The van der Waals surface area contributed by atoms with Crippen molar-refractivity contribution in [2.75, 3.05) is 7.11 Å². The predicted molar refractivity (Wildman–Crippen MR) is 99.0 cm³/mol. The van der Waals surface area contributed by atoms with Crippen molar-refractivity contribution in [3.63, 3.8) is 0 Å². The third kappa shape index (κ3) is 2.57. The molecular formula is C21H25ClO4. The fourth-order valence-corrected chi connectivity index (χ4v) is 6.20. The minimum absolute atomic E-state index is 0.225. The van der Waals surface area contributed by atoms with Gasteiger partial charge in [-0.2, -0.15) is 0 Å². The number of aryl methyl sites for hydroxylation is 1. The van der Waals surface area contributed by atoms with E-state index in [1.54, 1.807) is 7.11 Å². The molecule has 0 aliphatic heterocycles. The number of hydrogen-bond acceptors (Lipinski definition) is 4. The van der Waals surface area contributed by atoms with Crippen LogP contribution in [0.15, 0.2) is 12.1 Å². The van der Waals surface area contributed by atoms with E-state index >= 15 is 0 Å². The number of carbonyl (C=O) groups is 2. The van der Waals surface area contributed by atoms with Crippen molar-refractivity contribution in [2.45, 2.75) is 57.2 Å². The quantitative estimate of drug-likeness (QED) is 0.439. The van der Waals surface area contributed by atoms with E-state index in [-0.39, 0.29) is 22.5 Å². The Balaban J connectivity index is 1.77.